The second-order valence-corrected chi connectivity index (χ2v) is 11.5. The lowest BCUT2D eigenvalue weighted by Gasteiger charge is -2.22. The molecule has 0 unspecified atom stereocenters. The summed E-state index contributed by atoms with van der Waals surface area (Å²) in [5.74, 6) is 0.233. The number of halogens is 1. The van der Waals surface area contributed by atoms with E-state index in [-0.39, 0.29) is 35.1 Å². The van der Waals surface area contributed by atoms with Gasteiger partial charge in [0.15, 0.2) is 16.3 Å². The minimum Gasteiger partial charge on any atom is -0.504 e. The Morgan fingerprint density at radius 1 is 1.26 bits per heavy atom. The maximum atomic E-state index is 13.9. The highest BCUT2D eigenvalue weighted by Crippen LogP contribution is 2.36. The fourth-order valence-corrected chi connectivity index (χ4v) is 6.35. The fraction of sp³-hybridized carbons (Fsp3) is 0.207. The second kappa shape index (κ2) is 11.6. The molecule has 3 heterocycles. The summed E-state index contributed by atoms with van der Waals surface area (Å²) in [6, 6.07) is 10.1. The number of aromatic nitrogens is 1. The Hall–Kier alpha value is -4.24. The molecule has 0 amide bonds. The predicted molar refractivity (Wildman–Crippen MR) is 163 cm³/mol. The van der Waals surface area contributed by atoms with Crippen LogP contribution in [0.1, 0.15) is 36.8 Å². The Balaban J connectivity index is 1.70. The number of nitro groups is 1. The van der Waals surface area contributed by atoms with Crippen molar-refractivity contribution in [3.8, 4) is 22.8 Å². The average molecular weight is 701 g/mol. The molecule has 5 rings (SSSR count). The number of hydrogen-bond donors (Lipinski definition) is 1. The van der Waals surface area contributed by atoms with Crippen LogP contribution in [0.15, 0.2) is 67.9 Å². The number of rotatable bonds is 7. The quantitative estimate of drug-likeness (QED) is 0.127. The highest BCUT2D eigenvalue weighted by Gasteiger charge is 2.35. The lowest BCUT2D eigenvalue weighted by molar-refractivity contribution is -0.384. The topological polar surface area (TPSA) is 146 Å². The van der Waals surface area contributed by atoms with Gasteiger partial charge in [-0.05, 0) is 84.8 Å². The molecular formula is C29H24IN3O8S. The van der Waals surface area contributed by atoms with E-state index in [4.69, 9.17) is 13.9 Å². The normalized spacial score (nSPS) is 14.9. The maximum Gasteiger partial charge on any atom is 0.338 e. The first-order valence-corrected chi connectivity index (χ1v) is 14.5. The van der Waals surface area contributed by atoms with Crippen LogP contribution in [0.2, 0.25) is 0 Å². The third-order valence-corrected chi connectivity index (χ3v) is 8.48. The number of allylic oxidation sites excluding steroid dienone is 1. The summed E-state index contributed by atoms with van der Waals surface area (Å²) >= 11 is 3.12. The lowest BCUT2D eigenvalue weighted by atomic mass is 10.0. The minimum absolute atomic E-state index is 0.000906. The molecule has 216 valence electrons. The third-order valence-electron chi connectivity index (χ3n) is 6.68. The number of phenols is 1. The van der Waals surface area contributed by atoms with Gasteiger partial charge >= 0.3 is 5.97 Å². The zero-order valence-electron chi connectivity index (χ0n) is 22.8. The standard InChI is InChI=1S/C29H24IN3O8S/c1-5-40-28(36)24-15(3)31-29-32(27(35)23(42-29)12-16-10-19(30)26(34)22(11-16)39-4)25(24)21-9-8-20(41-21)18-13-17(33(37)38)7-6-14(18)2/h6-13,25,34H,5H2,1-4H3/b23-12-/t25-/m0/s1. The van der Waals surface area contributed by atoms with Crippen LogP contribution in [0.25, 0.3) is 17.4 Å². The summed E-state index contributed by atoms with van der Waals surface area (Å²) in [6.45, 7) is 5.27. The first-order valence-electron chi connectivity index (χ1n) is 12.6. The largest absolute Gasteiger partial charge is 0.504 e. The molecule has 0 bridgehead atoms. The zero-order valence-corrected chi connectivity index (χ0v) is 25.8. The predicted octanol–water partition coefficient (Wildman–Crippen LogP) is 4.59. The number of ether oxygens (including phenoxy) is 2. The monoisotopic (exact) mass is 701 g/mol. The number of carbonyl (C=O) groups is 1. The number of hydrogen-bond acceptors (Lipinski definition) is 10. The van der Waals surface area contributed by atoms with E-state index in [0.717, 1.165) is 16.9 Å². The van der Waals surface area contributed by atoms with Gasteiger partial charge in [0.2, 0.25) is 0 Å². The van der Waals surface area contributed by atoms with E-state index in [1.54, 1.807) is 57.2 Å². The van der Waals surface area contributed by atoms with E-state index in [0.29, 0.717) is 35.5 Å². The first-order chi connectivity index (χ1) is 20.0. The van der Waals surface area contributed by atoms with Gasteiger partial charge in [0.05, 0.1) is 38.0 Å². The number of aromatic hydroxyl groups is 1. The van der Waals surface area contributed by atoms with Gasteiger partial charge in [-0.25, -0.2) is 9.79 Å². The van der Waals surface area contributed by atoms with Crippen molar-refractivity contribution in [2.75, 3.05) is 13.7 Å². The molecule has 2 aromatic heterocycles. The van der Waals surface area contributed by atoms with E-state index >= 15 is 0 Å². The van der Waals surface area contributed by atoms with Gasteiger partial charge in [-0.15, -0.1) is 0 Å². The average Bonchev–Trinajstić information content (AvgIpc) is 3.55. The molecule has 0 aliphatic carbocycles. The van der Waals surface area contributed by atoms with Crippen molar-refractivity contribution in [1.29, 1.82) is 0 Å². The number of furan rings is 1. The fourth-order valence-electron chi connectivity index (χ4n) is 4.68. The molecule has 11 nitrogen and oxygen atoms in total. The summed E-state index contributed by atoms with van der Waals surface area (Å²) in [5, 5.41) is 21.6. The SMILES string of the molecule is CCOC(=O)C1=C(C)N=c2s/c(=C\c3cc(I)c(O)c(OC)c3)c(=O)n2[C@H]1c1ccc(-c2cc([N+](=O)[O-])ccc2C)o1. The number of nitrogens with zero attached hydrogens (tertiary/aromatic N) is 3. The highest BCUT2D eigenvalue weighted by atomic mass is 127. The van der Waals surface area contributed by atoms with Crippen LogP contribution in [-0.2, 0) is 9.53 Å². The van der Waals surface area contributed by atoms with Crippen molar-refractivity contribution in [1.82, 2.24) is 4.57 Å². The van der Waals surface area contributed by atoms with Crippen LogP contribution < -0.4 is 19.6 Å². The van der Waals surface area contributed by atoms with Crippen molar-refractivity contribution in [3.05, 3.63) is 104 Å². The van der Waals surface area contributed by atoms with Gasteiger partial charge in [0.25, 0.3) is 11.2 Å². The molecule has 0 radical (unpaired) electrons. The van der Waals surface area contributed by atoms with E-state index < -0.39 is 22.5 Å². The summed E-state index contributed by atoms with van der Waals surface area (Å²) in [6.07, 6.45) is 1.66. The molecule has 13 heteroatoms. The summed E-state index contributed by atoms with van der Waals surface area (Å²) < 4.78 is 19.1. The van der Waals surface area contributed by atoms with Crippen molar-refractivity contribution in [2.45, 2.75) is 26.8 Å². The molecule has 1 atom stereocenters. The molecule has 2 aromatic carbocycles. The van der Waals surface area contributed by atoms with Crippen LogP contribution >= 0.6 is 33.9 Å². The first kappa shape index (κ1) is 29.3. The van der Waals surface area contributed by atoms with E-state index in [9.17, 15) is 24.8 Å². The molecular weight excluding hydrogens is 677 g/mol. The molecule has 1 aliphatic heterocycles. The summed E-state index contributed by atoms with van der Waals surface area (Å²) in [7, 11) is 1.44. The Kier molecular flexibility index (Phi) is 8.06. The van der Waals surface area contributed by atoms with E-state index in [2.05, 4.69) is 4.99 Å². The van der Waals surface area contributed by atoms with Crippen LogP contribution in [-0.4, -0.2) is 34.3 Å². The zero-order chi connectivity index (χ0) is 30.3. The number of methoxy groups -OCH3 is 1. The van der Waals surface area contributed by atoms with E-state index in [1.807, 2.05) is 22.6 Å². The van der Waals surface area contributed by atoms with Crippen molar-refractivity contribution >= 4 is 51.7 Å². The number of thiazole rings is 1. The van der Waals surface area contributed by atoms with Crippen molar-refractivity contribution in [2.24, 2.45) is 4.99 Å². The second-order valence-electron chi connectivity index (χ2n) is 9.31. The number of esters is 1. The number of non-ortho nitro benzene ring substituents is 1. The maximum absolute atomic E-state index is 13.9. The molecule has 0 saturated carbocycles. The van der Waals surface area contributed by atoms with Crippen LogP contribution in [0.4, 0.5) is 5.69 Å². The number of phenolic OH excluding ortho intramolecular Hbond substituents is 1. The molecule has 1 aliphatic rings. The Morgan fingerprint density at radius 3 is 2.71 bits per heavy atom. The number of nitro benzene ring substituents is 1. The van der Waals surface area contributed by atoms with Crippen LogP contribution in [0.5, 0.6) is 11.5 Å². The third kappa shape index (κ3) is 5.25. The van der Waals surface area contributed by atoms with E-state index in [1.165, 1.54) is 23.8 Å². The van der Waals surface area contributed by atoms with Gasteiger partial charge in [-0.2, -0.15) is 0 Å². The van der Waals surface area contributed by atoms with Gasteiger partial charge in [0, 0.05) is 17.7 Å². The lowest BCUT2D eigenvalue weighted by Crippen LogP contribution is -2.39. The molecule has 42 heavy (non-hydrogen) atoms. The van der Waals surface area contributed by atoms with Crippen molar-refractivity contribution < 1.29 is 28.7 Å². The minimum atomic E-state index is -0.996. The van der Waals surface area contributed by atoms with Crippen LogP contribution in [0, 0.1) is 20.6 Å². The summed E-state index contributed by atoms with van der Waals surface area (Å²) in [4.78, 5) is 42.9. The molecule has 0 saturated heterocycles. The van der Waals surface area contributed by atoms with Crippen LogP contribution in [0.3, 0.4) is 0 Å². The number of carbonyl (C=O) groups excluding carboxylic acids is 1. The Bertz CT molecular complexity index is 1970. The molecule has 0 fully saturated rings. The van der Waals surface area contributed by atoms with Gasteiger partial charge in [0.1, 0.15) is 17.6 Å². The molecule has 0 spiro atoms. The van der Waals surface area contributed by atoms with Crippen molar-refractivity contribution in [3.63, 3.8) is 0 Å². The highest BCUT2D eigenvalue weighted by molar-refractivity contribution is 14.1. The summed E-state index contributed by atoms with van der Waals surface area (Å²) in [5.41, 5.74) is 1.90. The van der Waals surface area contributed by atoms with Gasteiger partial charge in [-0.1, -0.05) is 17.4 Å². The number of fused-ring (bicyclic) bond motifs is 1. The van der Waals surface area contributed by atoms with Gasteiger partial charge < -0.3 is 19.0 Å². The Labute approximate surface area is 256 Å². The number of benzene rings is 2. The number of aryl methyl sites for hydroxylation is 1. The molecule has 1 N–H and O–H groups in total. The molecule has 4 aromatic rings. The Morgan fingerprint density at radius 2 is 2.02 bits per heavy atom. The smallest absolute Gasteiger partial charge is 0.338 e. The van der Waals surface area contributed by atoms with Gasteiger partial charge in [-0.3, -0.25) is 19.5 Å².